The molecule has 7 heteroatoms. The lowest BCUT2D eigenvalue weighted by Gasteiger charge is -2.42. The molecular weight excluding hydrogens is 274 g/mol. The third kappa shape index (κ3) is 1.69. The van der Waals surface area contributed by atoms with Crippen molar-refractivity contribution in [2.75, 3.05) is 6.54 Å². The second kappa shape index (κ2) is 3.89. The van der Waals surface area contributed by atoms with Crippen molar-refractivity contribution in [3.8, 4) is 0 Å². The molecule has 2 rings (SSSR count). The van der Waals surface area contributed by atoms with Gasteiger partial charge in [0.1, 0.15) is 6.54 Å². The summed E-state index contributed by atoms with van der Waals surface area (Å²) in [5.74, 6) is -0.871. The number of sulfonamides is 1. The van der Waals surface area contributed by atoms with E-state index in [9.17, 15) is 18.0 Å². The average molecular weight is 287 g/mol. The standard InChI is InChI=1S/C11H13NO4S2/c1-7-4-5-9(17-7)8(13)6-12-10(14)11(2,3)18(12,15)16/h4-5H,6H2,1-3H3. The quantitative estimate of drug-likeness (QED) is 0.783. The number of hydrogen-bond acceptors (Lipinski definition) is 5. The average Bonchev–Trinajstić information content (AvgIpc) is 2.71. The van der Waals surface area contributed by atoms with Gasteiger partial charge in [0.2, 0.25) is 0 Å². The van der Waals surface area contributed by atoms with Crippen LogP contribution in [0.4, 0.5) is 0 Å². The number of aryl methyl sites for hydroxylation is 1. The molecule has 1 aliphatic heterocycles. The normalized spacial score (nSPS) is 20.6. The van der Waals surface area contributed by atoms with Crippen molar-refractivity contribution < 1.29 is 18.0 Å². The summed E-state index contributed by atoms with van der Waals surface area (Å²) in [7, 11) is -3.68. The van der Waals surface area contributed by atoms with E-state index in [0.29, 0.717) is 9.18 Å². The minimum atomic E-state index is -3.68. The Bertz CT molecular complexity index is 627. The molecule has 1 aliphatic rings. The Hall–Kier alpha value is -1.21. The number of amides is 1. The first-order valence-electron chi connectivity index (χ1n) is 5.34. The minimum absolute atomic E-state index is 0.347. The third-order valence-corrected chi connectivity index (χ3v) is 6.36. The molecule has 0 aromatic carbocycles. The maximum absolute atomic E-state index is 11.9. The zero-order chi connectivity index (χ0) is 13.7. The molecule has 98 valence electrons. The SMILES string of the molecule is Cc1ccc(C(=O)CN2C(=O)C(C)(C)S2(=O)=O)s1. The second-order valence-corrected chi connectivity index (χ2v) is 8.36. The summed E-state index contributed by atoms with van der Waals surface area (Å²) in [6, 6.07) is 3.43. The number of carbonyl (C=O) groups is 2. The molecule has 1 fully saturated rings. The highest BCUT2D eigenvalue weighted by Crippen LogP contribution is 2.34. The number of ketones is 1. The summed E-state index contributed by atoms with van der Waals surface area (Å²) in [5.41, 5.74) is 0. The fraction of sp³-hybridized carbons (Fsp3) is 0.455. The Morgan fingerprint density at radius 1 is 1.39 bits per heavy atom. The van der Waals surface area contributed by atoms with Crippen LogP contribution in [0.5, 0.6) is 0 Å². The van der Waals surface area contributed by atoms with Crippen molar-refractivity contribution in [3.63, 3.8) is 0 Å². The van der Waals surface area contributed by atoms with Gasteiger partial charge in [-0.1, -0.05) is 0 Å². The lowest BCUT2D eigenvalue weighted by atomic mass is 10.2. The predicted octanol–water partition coefficient (Wildman–Crippen LogP) is 1.19. The van der Waals surface area contributed by atoms with Crippen LogP contribution < -0.4 is 0 Å². The minimum Gasteiger partial charge on any atom is -0.291 e. The van der Waals surface area contributed by atoms with Crippen molar-refractivity contribution in [2.45, 2.75) is 25.5 Å². The number of carbonyl (C=O) groups excluding carboxylic acids is 2. The van der Waals surface area contributed by atoms with Gasteiger partial charge in [0.15, 0.2) is 10.5 Å². The van der Waals surface area contributed by atoms with Crippen LogP contribution in [-0.2, 0) is 14.8 Å². The van der Waals surface area contributed by atoms with E-state index >= 15 is 0 Å². The molecule has 0 spiro atoms. The van der Waals surface area contributed by atoms with Gasteiger partial charge >= 0.3 is 0 Å². The van der Waals surface area contributed by atoms with E-state index < -0.39 is 27.2 Å². The highest BCUT2D eigenvalue weighted by Gasteiger charge is 2.60. The molecule has 0 bridgehead atoms. The Morgan fingerprint density at radius 2 is 2.00 bits per heavy atom. The highest BCUT2D eigenvalue weighted by molar-refractivity contribution is 7.94. The molecule has 18 heavy (non-hydrogen) atoms. The van der Waals surface area contributed by atoms with Crippen LogP contribution in [0.1, 0.15) is 28.4 Å². The maximum atomic E-state index is 11.9. The lowest BCUT2D eigenvalue weighted by molar-refractivity contribution is -0.131. The Morgan fingerprint density at radius 3 is 2.44 bits per heavy atom. The molecule has 1 saturated heterocycles. The van der Waals surface area contributed by atoms with Crippen LogP contribution in [0.2, 0.25) is 0 Å². The number of hydrogen-bond donors (Lipinski definition) is 0. The zero-order valence-electron chi connectivity index (χ0n) is 10.3. The van der Waals surface area contributed by atoms with Crippen molar-refractivity contribution in [2.24, 2.45) is 0 Å². The summed E-state index contributed by atoms with van der Waals surface area (Å²) < 4.78 is 22.9. The molecule has 0 atom stereocenters. The van der Waals surface area contributed by atoms with Gasteiger partial charge in [-0.05, 0) is 32.9 Å². The van der Waals surface area contributed by atoms with Crippen molar-refractivity contribution >= 4 is 33.1 Å². The summed E-state index contributed by atoms with van der Waals surface area (Å²) >= 11 is 1.29. The monoisotopic (exact) mass is 287 g/mol. The maximum Gasteiger partial charge on any atom is 0.259 e. The molecule has 0 N–H and O–H groups in total. The summed E-state index contributed by atoms with van der Waals surface area (Å²) in [5, 5.41) is 0. The summed E-state index contributed by atoms with van der Waals surface area (Å²) in [6.45, 7) is 4.16. The Labute approximate surface area is 109 Å². The fourth-order valence-corrected chi connectivity index (χ4v) is 3.99. The van der Waals surface area contributed by atoms with Gasteiger partial charge in [-0.15, -0.1) is 11.3 Å². The van der Waals surface area contributed by atoms with Gasteiger partial charge in [0.05, 0.1) is 4.88 Å². The molecule has 0 saturated carbocycles. The van der Waals surface area contributed by atoms with Crippen LogP contribution in [-0.4, -0.2) is 35.7 Å². The fourth-order valence-electron chi connectivity index (χ4n) is 1.71. The molecule has 5 nitrogen and oxygen atoms in total. The van der Waals surface area contributed by atoms with Crippen molar-refractivity contribution in [1.82, 2.24) is 4.31 Å². The largest absolute Gasteiger partial charge is 0.291 e. The first-order chi connectivity index (χ1) is 8.18. The van der Waals surface area contributed by atoms with E-state index in [4.69, 9.17) is 0 Å². The van der Waals surface area contributed by atoms with E-state index in [2.05, 4.69) is 0 Å². The van der Waals surface area contributed by atoms with Crippen LogP contribution >= 0.6 is 11.3 Å². The van der Waals surface area contributed by atoms with E-state index in [1.807, 2.05) is 6.92 Å². The van der Waals surface area contributed by atoms with E-state index in [-0.39, 0.29) is 5.78 Å². The number of Topliss-reactive ketones (excluding diaryl/α,β-unsaturated/α-hetero) is 1. The van der Waals surface area contributed by atoms with Crippen molar-refractivity contribution in [1.29, 1.82) is 0 Å². The van der Waals surface area contributed by atoms with Gasteiger partial charge in [0, 0.05) is 4.88 Å². The first-order valence-corrected chi connectivity index (χ1v) is 7.60. The molecule has 2 heterocycles. The summed E-state index contributed by atoms with van der Waals surface area (Å²) in [6.07, 6.45) is 0. The zero-order valence-corrected chi connectivity index (χ0v) is 11.9. The van der Waals surface area contributed by atoms with Gasteiger partial charge in [-0.2, -0.15) is 0 Å². The van der Waals surface area contributed by atoms with Gasteiger partial charge < -0.3 is 0 Å². The van der Waals surface area contributed by atoms with E-state index in [1.165, 1.54) is 25.2 Å². The number of thiophene rings is 1. The third-order valence-electron chi connectivity index (χ3n) is 2.98. The number of nitrogens with zero attached hydrogens (tertiary/aromatic N) is 1. The summed E-state index contributed by atoms with van der Waals surface area (Å²) in [4.78, 5) is 25.0. The van der Waals surface area contributed by atoms with Crippen LogP contribution in [0.3, 0.4) is 0 Å². The molecule has 1 aromatic heterocycles. The number of rotatable bonds is 3. The molecule has 1 aromatic rings. The van der Waals surface area contributed by atoms with Crippen LogP contribution in [0, 0.1) is 6.92 Å². The topological polar surface area (TPSA) is 71.5 Å². The Kier molecular flexibility index (Phi) is 2.86. The Balaban J connectivity index is 2.18. The van der Waals surface area contributed by atoms with Gasteiger partial charge in [-0.3, -0.25) is 9.59 Å². The van der Waals surface area contributed by atoms with Crippen molar-refractivity contribution in [3.05, 3.63) is 21.9 Å². The van der Waals surface area contributed by atoms with Crippen LogP contribution in [0.15, 0.2) is 12.1 Å². The first kappa shape index (κ1) is 13.2. The lowest BCUT2D eigenvalue weighted by Crippen LogP contribution is -2.68. The molecule has 1 amide bonds. The molecular formula is C11H13NO4S2. The molecule has 0 aliphatic carbocycles. The second-order valence-electron chi connectivity index (χ2n) is 4.66. The van der Waals surface area contributed by atoms with Crippen LogP contribution in [0.25, 0.3) is 0 Å². The van der Waals surface area contributed by atoms with Gasteiger partial charge in [0.25, 0.3) is 15.9 Å². The molecule has 0 unspecified atom stereocenters. The smallest absolute Gasteiger partial charge is 0.259 e. The highest BCUT2D eigenvalue weighted by atomic mass is 32.2. The van der Waals surface area contributed by atoms with E-state index in [0.717, 1.165) is 4.88 Å². The van der Waals surface area contributed by atoms with Gasteiger partial charge in [-0.25, -0.2) is 12.7 Å². The molecule has 0 radical (unpaired) electrons. The van der Waals surface area contributed by atoms with E-state index in [1.54, 1.807) is 12.1 Å². The predicted molar refractivity (Wildman–Crippen MR) is 68.1 cm³/mol.